The van der Waals surface area contributed by atoms with Crippen molar-refractivity contribution in [1.29, 1.82) is 0 Å². The third-order valence-electron chi connectivity index (χ3n) is 6.40. The van der Waals surface area contributed by atoms with Gasteiger partial charge in [0.1, 0.15) is 5.82 Å². The van der Waals surface area contributed by atoms with Crippen LogP contribution in [0.5, 0.6) is 0 Å². The average molecular weight is 460 g/mol. The van der Waals surface area contributed by atoms with Crippen molar-refractivity contribution in [2.45, 2.75) is 63.6 Å². The molecule has 3 aliphatic rings. The molecule has 0 aliphatic carbocycles. The largest absolute Gasteiger partial charge is 0.437 e. The summed E-state index contributed by atoms with van der Waals surface area (Å²) in [5.41, 5.74) is -0.625. The molecule has 4 heterocycles. The van der Waals surface area contributed by atoms with Gasteiger partial charge in [-0.2, -0.15) is 13.2 Å². The summed E-state index contributed by atoms with van der Waals surface area (Å²) in [4.78, 5) is 28.4. The Bertz CT molecular complexity index is 864. The Kier molecular flexibility index (Phi) is 6.05. The molecule has 0 saturated carbocycles. The van der Waals surface area contributed by atoms with Crippen molar-refractivity contribution in [1.82, 2.24) is 29.9 Å². The molecule has 0 aromatic carbocycles. The number of piperidine rings is 1. The van der Waals surface area contributed by atoms with Gasteiger partial charge in [0, 0.05) is 31.7 Å². The number of carbonyl (C=O) groups excluding carboxylic acids is 2. The van der Waals surface area contributed by atoms with Gasteiger partial charge in [0.2, 0.25) is 5.82 Å². The molecular weight excluding hydrogens is 433 g/mol. The van der Waals surface area contributed by atoms with Crippen molar-refractivity contribution >= 4 is 12.0 Å². The zero-order chi connectivity index (χ0) is 23.1. The summed E-state index contributed by atoms with van der Waals surface area (Å²) in [5, 5.41) is 11.2. The monoisotopic (exact) mass is 460 g/mol. The number of alkyl halides is 3. The lowest BCUT2D eigenvalue weighted by Crippen LogP contribution is -2.55. The van der Waals surface area contributed by atoms with Gasteiger partial charge in [-0.15, -0.1) is 10.2 Å². The molecule has 1 N–H and O–H groups in total. The highest BCUT2D eigenvalue weighted by molar-refractivity contribution is 5.91. The first-order valence-electron chi connectivity index (χ1n) is 10.6. The summed E-state index contributed by atoms with van der Waals surface area (Å²) in [6.07, 6.45) is -7.02. The van der Waals surface area contributed by atoms with Gasteiger partial charge >= 0.3 is 12.3 Å². The number of halogens is 3. The number of amides is 2. The fourth-order valence-corrected chi connectivity index (χ4v) is 4.02. The summed E-state index contributed by atoms with van der Waals surface area (Å²) in [6, 6.07) is 0.382. The molecule has 13 heteroatoms. The molecule has 1 unspecified atom stereocenters. The van der Waals surface area contributed by atoms with Crippen LogP contribution in [-0.4, -0.2) is 93.3 Å². The average Bonchev–Trinajstić information content (AvgIpc) is 3.09. The Hall–Kier alpha value is -2.41. The Morgan fingerprint density at radius 3 is 2.47 bits per heavy atom. The predicted molar refractivity (Wildman–Crippen MR) is 104 cm³/mol. The fourth-order valence-electron chi connectivity index (χ4n) is 4.02. The normalized spacial score (nSPS) is 22.6. The van der Waals surface area contributed by atoms with Crippen LogP contribution in [0.1, 0.15) is 43.1 Å². The maximum Gasteiger partial charge on any atom is 0.425 e. The van der Waals surface area contributed by atoms with Crippen LogP contribution in [-0.2, 0) is 22.6 Å². The minimum Gasteiger partial charge on any atom is -0.437 e. The van der Waals surface area contributed by atoms with Crippen molar-refractivity contribution in [3.8, 4) is 0 Å². The van der Waals surface area contributed by atoms with E-state index in [2.05, 4.69) is 25.2 Å². The molecule has 2 amide bonds. The van der Waals surface area contributed by atoms with E-state index in [9.17, 15) is 22.8 Å². The zero-order valence-corrected chi connectivity index (χ0v) is 18.0. The van der Waals surface area contributed by atoms with E-state index >= 15 is 0 Å². The first-order chi connectivity index (χ1) is 15.1. The Balaban J connectivity index is 1.31. The first-order valence-corrected chi connectivity index (χ1v) is 10.6. The number of nitrogens with zero attached hydrogens (tertiary/aromatic N) is 5. The van der Waals surface area contributed by atoms with Crippen LogP contribution in [0.2, 0.25) is 0 Å². The molecule has 0 bridgehead atoms. The molecule has 32 heavy (non-hydrogen) atoms. The van der Waals surface area contributed by atoms with E-state index in [1.165, 1.54) is 4.90 Å². The number of fused-ring (bicyclic) bond motifs is 1. The smallest absolute Gasteiger partial charge is 0.425 e. The van der Waals surface area contributed by atoms with E-state index in [-0.39, 0.29) is 24.8 Å². The van der Waals surface area contributed by atoms with Crippen molar-refractivity contribution < 1.29 is 32.2 Å². The third-order valence-corrected chi connectivity index (χ3v) is 6.40. The van der Waals surface area contributed by atoms with Gasteiger partial charge < -0.3 is 24.3 Å². The molecule has 0 radical (unpaired) electrons. The molecule has 2 fully saturated rings. The number of carbonyl (C=O) groups is 2. The lowest BCUT2D eigenvalue weighted by atomic mass is 9.89. The Morgan fingerprint density at radius 1 is 1.19 bits per heavy atom. The predicted octanol–water partition coefficient (Wildman–Crippen LogP) is 1.16. The van der Waals surface area contributed by atoms with Crippen LogP contribution in [0.15, 0.2) is 0 Å². The van der Waals surface area contributed by atoms with Crippen LogP contribution < -0.4 is 5.32 Å². The van der Waals surface area contributed by atoms with Crippen molar-refractivity contribution in [3.63, 3.8) is 0 Å². The third kappa shape index (κ3) is 4.68. The van der Waals surface area contributed by atoms with Crippen LogP contribution in [0.3, 0.4) is 0 Å². The molecule has 1 aromatic heterocycles. The lowest BCUT2D eigenvalue weighted by Gasteiger charge is -2.40. The zero-order valence-electron chi connectivity index (χ0n) is 18.0. The molecule has 10 nitrogen and oxygen atoms in total. The molecule has 178 valence electrons. The maximum absolute atomic E-state index is 12.9. The second-order valence-corrected chi connectivity index (χ2v) is 8.82. The Labute approximate surface area is 183 Å². The number of likely N-dealkylation sites (tertiary alicyclic amines) is 1. The van der Waals surface area contributed by atoms with Gasteiger partial charge in [0.15, 0.2) is 6.10 Å². The van der Waals surface area contributed by atoms with Crippen LogP contribution in [0.25, 0.3) is 0 Å². The number of hydrogen-bond donors (Lipinski definition) is 1. The molecular formula is C19H27F3N6O4. The summed E-state index contributed by atoms with van der Waals surface area (Å²) in [5.74, 6) is 0.620. The van der Waals surface area contributed by atoms with Crippen LogP contribution >= 0.6 is 0 Å². The second-order valence-electron chi connectivity index (χ2n) is 8.82. The van der Waals surface area contributed by atoms with E-state index in [0.29, 0.717) is 45.2 Å². The van der Waals surface area contributed by atoms with Crippen molar-refractivity contribution in [3.05, 3.63) is 11.6 Å². The number of ether oxygens (including phenoxy) is 2. The molecule has 1 aromatic rings. The molecule has 0 spiro atoms. The summed E-state index contributed by atoms with van der Waals surface area (Å²) < 4.78 is 49.4. The topological polar surface area (TPSA) is 102 Å². The summed E-state index contributed by atoms with van der Waals surface area (Å²) in [6.45, 7) is 6.41. The highest BCUT2D eigenvalue weighted by Crippen LogP contribution is 2.26. The molecule has 1 atom stereocenters. The van der Waals surface area contributed by atoms with E-state index in [0.717, 1.165) is 19.3 Å². The SMILES string of the molecule is CC(OC(=O)N1CCC(C)(NC(=O)c2nnc3n2CCN(C2COC2)C3)CC1)C(F)(F)F. The maximum atomic E-state index is 12.9. The highest BCUT2D eigenvalue weighted by atomic mass is 19.4. The standard InChI is InChI=1S/C19H27F3N6O4/c1-12(19(20,21)22)32-17(30)26-5-3-18(2,4-6-26)23-16(29)15-25-24-14-9-27(7-8-28(14)15)13-10-31-11-13/h12-13H,3-11H2,1-2H3,(H,23,29). The molecule has 4 rings (SSSR count). The van der Waals surface area contributed by atoms with Crippen molar-refractivity contribution in [2.75, 3.05) is 32.8 Å². The summed E-state index contributed by atoms with van der Waals surface area (Å²) >= 11 is 0. The second kappa shape index (κ2) is 8.50. The van der Waals surface area contributed by atoms with Gasteiger partial charge in [-0.1, -0.05) is 0 Å². The van der Waals surface area contributed by atoms with Gasteiger partial charge in [-0.25, -0.2) is 4.79 Å². The highest BCUT2D eigenvalue weighted by Gasteiger charge is 2.41. The van der Waals surface area contributed by atoms with Crippen LogP contribution in [0, 0.1) is 0 Å². The molecule has 2 saturated heterocycles. The van der Waals surface area contributed by atoms with Gasteiger partial charge in [-0.05, 0) is 26.7 Å². The van der Waals surface area contributed by atoms with E-state index in [1.54, 1.807) is 0 Å². The van der Waals surface area contributed by atoms with Gasteiger partial charge in [-0.3, -0.25) is 9.69 Å². The summed E-state index contributed by atoms with van der Waals surface area (Å²) in [7, 11) is 0. The minimum atomic E-state index is -4.60. The number of rotatable bonds is 4. The van der Waals surface area contributed by atoms with Crippen LogP contribution in [0.4, 0.5) is 18.0 Å². The lowest BCUT2D eigenvalue weighted by molar-refractivity contribution is -0.200. The number of hydrogen-bond acceptors (Lipinski definition) is 7. The fraction of sp³-hybridized carbons (Fsp3) is 0.789. The Morgan fingerprint density at radius 2 is 1.88 bits per heavy atom. The first kappa shape index (κ1) is 22.8. The number of aromatic nitrogens is 3. The minimum absolute atomic E-state index is 0.177. The van der Waals surface area contributed by atoms with Crippen molar-refractivity contribution in [2.24, 2.45) is 0 Å². The van der Waals surface area contributed by atoms with Gasteiger partial charge in [0.25, 0.3) is 5.91 Å². The van der Waals surface area contributed by atoms with E-state index in [1.807, 2.05) is 11.5 Å². The van der Waals surface area contributed by atoms with Gasteiger partial charge in [0.05, 0.1) is 25.8 Å². The molecule has 3 aliphatic heterocycles. The quantitative estimate of drug-likeness (QED) is 0.720. The van der Waals surface area contributed by atoms with E-state index in [4.69, 9.17) is 4.74 Å². The number of nitrogens with one attached hydrogen (secondary N) is 1. The van der Waals surface area contributed by atoms with E-state index < -0.39 is 23.9 Å².